The summed E-state index contributed by atoms with van der Waals surface area (Å²) in [5, 5.41) is 21.2. The number of aliphatic hydroxyl groups excluding tert-OH is 1. The second kappa shape index (κ2) is 12.4. The fourth-order valence-electron chi connectivity index (χ4n) is 6.14. The molecule has 230 valence electrons. The van der Waals surface area contributed by atoms with Gasteiger partial charge in [0.25, 0.3) is 5.91 Å². The summed E-state index contributed by atoms with van der Waals surface area (Å²) in [6, 6.07) is 15.1. The number of halogens is 2. The highest BCUT2D eigenvalue weighted by atomic mass is 35.5. The maximum atomic E-state index is 13.3. The highest BCUT2D eigenvalue weighted by molar-refractivity contribution is 6.39. The minimum Gasteiger partial charge on any atom is -0.392 e. The lowest BCUT2D eigenvalue weighted by Crippen LogP contribution is -2.24. The van der Waals surface area contributed by atoms with Gasteiger partial charge in [-0.05, 0) is 36.2 Å². The Bertz CT molecular complexity index is 1930. The van der Waals surface area contributed by atoms with Crippen molar-refractivity contribution in [1.82, 2.24) is 29.7 Å². The predicted octanol–water partition coefficient (Wildman–Crippen LogP) is 5.55. The van der Waals surface area contributed by atoms with Gasteiger partial charge in [0.1, 0.15) is 5.52 Å². The quantitative estimate of drug-likeness (QED) is 0.183. The Labute approximate surface area is 270 Å². The molecular weight excluding hydrogens is 611 g/mol. The van der Waals surface area contributed by atoms with Crippen LogP contribution in [0.4, 0.5) is 17.2 Å². The van der Waals surface area contributed by atoms with Crippen LogP contribution in [0, 0.1) is 0 Å². The van der Waals surface area contributed by atoms with Crippen LogP contribution in [-0.2, 0) is 26.6 Å². The van der Waals surface area contributed by atoms with E-state index in [0.717, 1.165) is 60.3 Å². The van der Waals surface area contributed by atoms with Gasteiger partial charge in [-0.15, -0.1) is 0 Å². The molecule has 2 aliphatic heterocycles. The molecule has 2 aliphatic rings. The second-order valence-corrected chi connectivity index (χ2v) is 12.2. The third-order valence-electron chi connectivity index (χ3n) is 8.43. The van der Waals surface area contributed by atoms with Gasteiger partial charge in [-0.3, -0.25) is 14.7 Å². The zero-order chi connectivity index (χ0) is 31.1. The summed E-state index contributed by atoms with van der Waals surface area (Å²) in [6.07, 6.45) is 4.96. The normalized spacial score (nSPS) is 16.6. The Hall–Kier alpha value is -4.06. The van der Waals surface area contributed by atoms with Crippen molar-refractivity contribution < 1.29 is 9.90 Å². The maximum Gasteiger partial charge on any atom is 0.291 e. The van der Waals surface area contributed by atoms with Crippen LogP contribution in [0.3, 0.4) is 0 Å². The average molecular weight is 644 g/mol. The molecule has 7 rings (SSSR count). The molecule has 0 saturated carbocycles. The summed E-state index contributed by atoms with van der Waals surface area (Å²) in [6.45, 7) is 3.79. The number of fused-ring (bicyclic) bond motifs is 2. The first-order chi connectivity index (χ1) is 21.9. The van der Waals surface area contributed by atoms with E-state index in [9.17, 15) is 9.90 Å². The van der Waals surface area contributed by atoms with Crippen LogP contribution in [0.25, 0.3) is 22.0 Å². The molecule has 12 heteroatoms. The summed E-state index contributed by atoms with van der Waals surface area (Å²) >= 11 is 13.9. The van der Waals surface area contributed by atoms with E-state index < -0.39 is 0 Å². The van der Waals surface area contributed by atoms with E-state index in [1.54, 1.807) is 12.3 Å². The Morgan fingerprint density at radius 1 is 1.09 bits per heavy atom. The van der Waals surface area contributed by atoms with Crippen LogP contribution in [-0.4, -0.2) is 61.2 Å². The summed E-state index contributed by atoms with van der Waals surface area (Å²) in [4.78, 5) is 29.3. The zero-order valence-electron chi connectivity index (χ0n) is 24.6. The topological polar surface area (TPSA) is 120 Å². The monoisotopic (exact) mass is 642 g/mol. The Morgan fingerprint density at radius 3 is 2.62 bits per heavy atom. The van der Waals surface area contributed by atoms with Crippen LogP contribution in [0.1, 0.15) is 34.0 Å². The summed E-state index contributed by atoms with van der Waals surface area (Å²) in [5.74, 6) is 0.588. The highest BCUT2D eigenvalue weighted by Crippen LogP contribution is 2.41. The Morgan fingerprint density at radius 2 is 1.87 bits per heavy atom. The van der Waals surface area contributed by atoms with Crippen molar-refractivity contribution >= 4 is 57.2 Å². The zero-order valence-corrected chi connectivity index (χ0v) is 26.2. The number of aliphatic hydroxyl groups is 1. The van der Waals surface area contributed by atoms with Gasteiger partial charge in [-0.25, -0.2) is 9.97 Å². The molecule has 0 unspecified atom stereocenters. The second-order valence-electron chi connectivity index (χ2n) is 11.5. The average Bonchev–Trinajstić information content (AvgIpc) is 3.61. The summed E-state index contributed by atoms with van der Waals surface area (Å²) < 4.78 is 1.85. The lowest BCUT2D eigenvalue weighted by Gasteiger charge is -2.16. The largest absolute Gasteiger partial charge is 0.392 e. The van der Waals surface area contributed by atoms with Gasteiger partial charge in [0.15, 0.2) is 11.6 Å². The number of carbonyl (C=O) groups excluding carboxylic acids is 1. The first-order valence-corrected chi connectivity index (χ1v) is 15.7. The van der Waals surface area contributed by atoms with Crippen molar-refractivity contribution in [3.63, 3.8) is 0 Å². The van der Waals surface area contributed by atoms with E-state index in [4.69, 9.17) is 28.2 Å². The number of nitrogens with zero attached hydrogens (tertiary/aromatic N) is 5. The molecule has 0 bridgehead atoms. The minimum absolute atomic E-state index is 0.260. The van der Waals surface area contributed by atoms with Crippen LogP contribution in [0.2, 0.25) is 10.0 Å². The summed E-state index contributed by atoms with van der Waals surface area (Å²) in [5.41, 5.74) is 6.24. The number of β-amino-alcohol motifs (C(OH)–C–C–N with tert-alkyl or cyclic N) is 1. The molecule has 2 aromatic carbocycles. The molecule has 5 heterocycles. The van der Waals surface area contributed by atoms with E-state index in [0.29, 0.717) is 57.3 Å². The molecule has 1 saturated heterocycles. The van der Waals surface area contributed by atoms with Gasteiger partial charge in [-0.1, -0.05) is 47.5 Å². The molecule has 10 nitrogen and oxygen atoms in total. The van der Waals surface area contributed by atoms with E-state index in [2.05, 4.69) is 36.9 Å². The predicted molar refractivity (Wildman–Crippen MR) is 177 cm³/mol. The van der Waals surface area contributed by atoms with Crippen molar-refractivity contribution in [2.75, 3.05) is 30.3 Å². The fourth-order valence-corrected chi connectivity index (χ4v) is 6.69. The van der Waals surface area contributed by atoms with Gasteiger partial charge in [0.05, 0.1) is 33.2 Å². The molecule has 1 atom stereocenters. The van der Waals surface area contributed by atoms with Crippen LogP contribution in [0.15, 0.2) is 60.9 Å². The van der Waals surface area contributed by atoms with E-state index in [1.807, 2.05) is 54.2 Å². The van der Waals surface area contributed by atoms with Gasteiger partial charge >= 0.3 is 0 Å². The number of rotatable bonds is 7. The number of imidazole rings is 1. The van der Waals surface area contributed by atoms with Gasteiger partial charge in [0, 0.05) is 80.8 Å². The third-order valence-corrected chi connectivity index (χ3v) is 9.24. The number of nitrogens with one attached hydrogen (secondary N) is 3. The number of pyridine rings is 2. The van der Waals surface area contributed by atoms with Crippen LogP contribution >= 0.6 is 23.2 Å². The van der Waals surface area contributed by atoms with E-state index in [-0.39, 0.29) is 12.0 Å². The summed E-state index contributed by atoms with van der Waals surface area (Å²) in [7, 11) is 1.86. The minimum atomic E-state index is -0.330. The van der Waals surface area contributed by atoms with Crippen molar-refractivity contribution in [3.05, 3.63) is 93.7 Å². The van der Waals surface area contributed by atoms with Crippen LogP contribution < -0.4 is 16.0 Å². The molecule has 45 heavy (non-hydrogen) atoms. The number of anilines is 3. The van der Waals surface area contributed by atoms with Gasteiger partial charge in [-0.2, -0.15) is 0 Å². The van der Waals surface area contributed by atoms with Gasteiger partial charge < -0.3 is 25.6 Å². The van der Waals surface area contributed by atoms with Crippen molar-refractivity contribution in [1.29, 1.82) is 0 Å². The number of benzene rings is 2. The van der Waals surface area contributed by atoms with Crippen molar-refractivity contribution in [3.8, 4) is 11.1 Å². The molecular formula is C33H32Cl2N8O2. The first kappa shape index (κ1) is 29.6. The number of likely N-dealkylation sites (tertiary alicyclic amines) is 1. The molecule has 0 aliphatic carbocycles. The van der Waals surface area contributed by atoms with Crippen molar-refractivity contribution in [2.45, 2.75) is 32.0 Å². The first-order valence-electron chi connectivity index (χ1n) is 14.9. The third kappa shape index (κ3) is 5.87. The number of carbonyl (C=O) groups is 1. The number of aromatic nitrogens is 4. The lowest BCUT2D eigenvalue weighted by atomic mass is 10.0. The molecule has 4 N–H and O–H groups in total. The fraction of sp³-hybridized carbons (Fsp3) is 0.273. The van der Waals surface area contributed by atoms with E-state index >= 15 is 0 Å². The molecule has 0 spiro atoms. The molecule has 3 aromatic heterocycles. The number of amides is 1. The van der Waals surface area contributed by atoms with Gasteiger partial charge in [0.2, 0.25) is 0 Å². The lowest BCUT2D eigenvalue weighted by molar-refractivity contribution is 0.101. The molecule has 5 aromatic rings. The Kier molecular flexibility index (Phi) is 8.15. The SMILES string of the molecule is Cn1c(C(=O)Nc2cccc(-c3cccc(Nc4nccc5cc(CN6CC[C@@H](O)C6)cnc45)c3Cl)c2Cl)nc2c1CCNC2. The molecule has 0 radical (unpaired) electrons. The maximum absolute atomic E-state index is 13.3. The van der Waals surface area contributed by atoms with Crippen molar-refractivity contribution in [2.24, 2.45) is 7.05 Å². The molecule has 1 fully saturated rings. The van der Waals surface area contributed by atoms with Crippen LogP contribution in [0.5, 0.6) is 0 Å². The standard InChI is InChI=1S/C33H32Cl2N8O2/c1-42-27-9-11-36-16-26(27)40-32(42)33(45)41-25-7-3-5-23(29(25)35)22-4-2-6-24(28(22)34)39-31-30-20(8-12-37-31)14-19(15-38-30)17-43-13-10-21(44)18-43/h2-8,12,14-15,21,36,44H,9-11,13,16-18H2,1H3,(H,37,39)(H,41,45)/t21-/m1/s1. The smallest absolute Gasteiger partial charge is 0.291 e. The number of hydrogen-bond donors (Lipinski definition) is 4. The Balaban J connectivity index is 1.13. The molecule has 1 amide bonds. The number of hydrogen-bond acceptors (Lipinski definition) is 8. The highest BCUT2D eigenvalue weighted by Gasteiger charge is 2.24. The van der Waals surface area contributed by atoms with E-state index in [1.165, 1.54) is 0 Å².